The zero-order chi connectivity index (χ0) is 16.7. The van der Waals surface area contributed by atoms with Gasteiger partial charge in [0.1, 0.15) is 11.9 Å². The number of hydrogen-bond donors (Lipinski definition) is 1. The molecular formula is C16H15FN2O4. The Morgan fingerprint density at radius 3 is 2.57 bits per heavy atom. The second-order valence-corrected chi connectivity index (χ2v) is 4.62. The fraction of sp³-hybridized carbons (Fsp3) is 0.188. The maximum absolute atomic E-state index is 12.9. The number of nitrogens with zero attached hydrogens (tertiary/aromatic N) is 1. The molecule has 1 atom stereocenters. The number of hydroxylamine groups is 1. The number of carbonyl (C=O) groups excluding carboxylic acids is 2. The smallest absolute Gasteiger partial charge is 0.356 e. The predicted molar refractivity (Wildman–Crippen MR) is 78.7 cm³/mol. The lowest BCUT2D eigenvalue weighted by Gasteiger charge is -2.15. The monoisotopic (exact) mass is 318 g/mol. The van der Waals surface area contributed by atoms with Gasteiger partial charge in [0, 0.05) is 12.1 Å². The molecule has 0 aliphatic heterocycles. The Bertz CT molecular complexity index is 662. The Hall–Kier alpha value is -2.80. The highest BCUT2D eigenvalue weighted by Crippen LogP contribution is 2.05. The molecule has 0 aliphatic carbocycles. The van der Waals surface area contributed by atoms with Gasteiger partial charge in [-0.3, -0.25) is 9.78 Å². The number of carbonyl (C=O) groups is 2. The Balaban J connectivity index is 2.00. The van der Waals surface area contributed by atoms with Crippen LogP contribution in [0.5, 0.6) is 0 Å². The van der Waals surface area contributed by atoms with Crippen molar-refractivity contribution in [3.05, 3.63) is 65.7 Å². The van der Waals surface area contributed by atoms with Crippen LogP contribution in [0.3, 0.4) is 0 Å². The topological polar surface area (TPSA) is 77.5 Å². The van der Waals surface area contributed by atoms with Crippen molar-refractivity contribution in [2.45, 2.75) is 12.5 Å². The summed E-state index contributed by atoms with van der Waals surface area (Å²) in [6.45, 7) is 0. The Labute approximate surface area is 132 Å². The molecule has 1 aromatic heterocycles. The van der Waals surface area contributed by atoms with Crippen LogP contribution < -0.4 is 5.48 Å². The van der Waals surface area contributed by atoms with Gasteiger partial charge >= 0.3 is 11.9 Å². The maximum atomic E-state index is 12.9. The first-order valence-corrected chi connectivity index (χ1v) is 6.80. The van der Waals surface area contributed by atoms with Crippen molar-refractivity contribution in [2.75, 3.05) is 7.11 Å². The second-order valence-electron chi connectivity index (χ2n) is 4.62. The van der Waals surface area contributed by atoms with E-state index in [-0.39, 0.29) is 6.42 Å². The van der Waals surface area contributed by atoms with Crippen molar-refractivity contribution in [3.8, 4) is 0 Å². The quantitative estimate of drug-likeness (QED) is 0.645. The third kappa shape index (κ3) is 4.86. The maximum Gasteiger partial charge on any atom is 0.356 e. The molecule has 120 valence electrons. The van der Waals surface area contributed by atoms with E-state index >= 15 is 0 Å². The lowest BCUT2D eigenvalue weighted by atomic mass is 10.1. The minimum Gasteiger partial charge on any atom is -0.468 e. The van der Waals surface area contributed by atoms with Crippen molar-refractivity contribution in [2.24, 2.45) is 0 Å². The summed E-state index contributed by atoms with van der Waals surface area (Å²) in [7, 11) is 1.22. The summed E-state index contributed by atoms with van der Waals surface area (Å²) in [5, 5.41) is 0. The van der Waals surface area contributed by atoms with Crippen LogP contribution in [-0.4, -0.2) is 30.1 Å². The number of aromatic nitrogens is 1. The average Bonchev–Trinajstić information content (AvgIpc) is 2.60. The molecule has 0 bridgehead atoms. The van der Waals surface area contributed by atoms with E-state index in [2.05, 4.69) is 15.2 Å². The standard InChI is InChI=1S/C16H15FN2O4/c1-22-16(21)14(9-13-8-7-12(17)10-18-13)19-23-15(20)11-5-3-2-4-6-11/h2-8,10,14,19H,9H2,1H3. The summed E-state index contributed by atoms with van der Waals surface area (Å²) in [5.74, 6) is -1.74. The molecule has 6 nitrogen and oxygen atoms in total. The SMILES string of the molecule is COC(=O)C(Cc1ccc(F)cn1)NOC(=O)c1ccccc1. The number of hydrogen-bond acceptors (Lipinski definition) is 6. The summed E-state index contributed by atoms with van der Waals surface area (Å²) in [6, 6.07) is 10.0. The summed E-state index contributed by atoms with van der Waals surface area (Å²) in [6.07, 6.45) is 1.12. The molecule has 0 spiro atoms. The zero-order valence-electron chi connectivity index (χ0n) is 12.4. The van der Waals surface area contributed by atoms with Gasteiger partial charge in [-0.1, -0.05) is 18.2 Å². The van der Waals surface area contributed by atoms with Gasteiger partial charge in [-0.2, -0.15) is 0 Å². The van der Waals surface area contributed by atoms with Crippen LogP contribution >= 0.6 is 0 Å². The van der Waals surface area contributed by atoms with E-state index in [4.69, 9.17) is 4.84 Å². The van der Waals surface area contributed by atoms with Gasteiger partial charge in [-0.05, 0) is 24.3 Å². The van der Waals surface area contributed by atoms with Gasteiger partial charge in [0.2, 0.25) is 0 Å². The largest absolute Gasteiger partial charge is 0.468 e. The van der Waals surface area contributed by atoms with Crippen molar-refractivity contribution in [1.29, 1.82) is 0 Å². The first-order chi connectivity index (χ1) is 11.1. The molecular weight excluding hydrogens is 303 g/mol. The number of halogens is 1. The molecule has 1 aromatic carbocycles. The van der Waals surface area contributed by atoms with Crippen LogP contribution in [-0.2, 0) is 20.8 Å². The van der Waals surface area contributed by atoms with Crippen LogP contribution in [0.25, 0.3) is 0 Å². The van der Waals surface area contributed by atoms with E-state index in [0.29, 0.717) is 11.3 Å². The fourth-order valence-electron chi connectivity index (χ4n) is 1.81. The molecule has 2 aromatic rings. The highest BCUT2D eigenvalue weighted by atomic mass is 19.1. The number of rotatable bonds is 6. The van der Waals surface area contributed by atoms with Gasteiger partial charge in [-0.15, -0.1) is 5.48 Å². The van der Waals surface area contributed by atoms with Crippen molar-refractivity contribution < 1.29 is 23.6 Å². The number of pyridine rings is 1. The normalized spacial score (nSPS) is 11.6. The van der Waals surface area contributed by atoms with Crippen LogP contribution in [0, 0.1) is 5.82 Å². The second kappa shape index (κ2) is 8.00. The third-order valence-corrected chi connectivity index (χ3v) is 2.99. The highest BCUT2D eigenvalue weighted by molar-refractivity contribution is 5.89. The Kier molecular flexibility index (Phi) is 5.76. The van der Waals surface area contributed by atoms with Crippen molar-refractivity contribution in [3.63, 3.8) is 0 Å². The number of nitrogens with one attached hydrogen (secondary N) is 1. The lowest BCUT2D eigenvalue weighted by Crippen LogP contribution is -2.40. The van der Waals surface area contributed by atoms with Gasteiger partial charge in [0.05, 0.1) is 18.9 Å². The van der Waals surface area contributed by atoms with Gasteiger partial charge < -0.3 is 9.57 Å². The Morgan fingerprint density at radius 1 is 1.22 bits per heavy atom. The summed E-state index contributed by atoms with van der Waals surface area (Å²) in [5.41, 5.74) is 3.16. The fourth-order valence-corrected chi connectivity index (χ4v) is 1.81. The lowest BCUT2D eigenvalue weighted by molar-refractivity contribution is -0.146. The molecule has 7 heteroatoms. The molecule has 0 saturated carbocycles. The van der Waals surface area contributed by atoms with Crippen molar-refractivity contribution in [1.82, 2.24) is 10.5 Å². The molecule has 2 rings (SSSR count). The Morgan fingerprint density at radius 2 is 1.96 bits per heavy atom. The van der Waals surface area contributed by atoms with E-state index in [9.17, 15) is 14.0 Å². The molecule has 0 fully saturated rings. The molecule has 1 heterocycles. The minimum absolute atomic E-state index is 0.0784. The molecule has 23 heavy (non-hydrogen) atoms. The summed E-state index contributed by atoms with van der Waals surface area (Å²) >= 11 is 0. The van der Waals surface area contributed by atoms with E-state index in [1.807, 2.05) is 0 Å². The van der Waals surface area contributed by atoms with E-state index in [1.165, 1.54) is 19.2 Å². The molecule has 0 saturated heterocycles. The van der Waals surface area contributed by atoms with Crippen LogP contribution in [0.15, 0.2) is 48.7 Å². The predicted octanol–water partition coefficient (Wildman–Crippen LogP) is 1.67. The molecule has 0 radical (unpaired) electrons. The number of benzene rings is 1. The van der Waals surface area contributed by atoms with Crippen molar-refractivity contribution >= 4 is 11.9 Å². The van der Waals surface area contributed by atoms with E-state index in [0.717, 1.165) is 6.20 Å². The van der Waals surface area contributed by atoms with E-state index < -0.39 is 23.8 Å². The molecule has 1 unspecified atom stereocenters. The van der Waals surface area contributed by atoms with Gasteiger partial charge in [0.15, 0.2) is 0 Å². The van der Waals surface area contributed by atoms with Gasteiger partial charge in [0.25, 0.3) is 0 Å². The highest BCUT2D eigenvalue weighted by Gasteiger charge is 2.22. The average molecular weight is 318 g/mol. The minimum atomic E-state index is -0.953. The zero-order valence-corrected chi connectivity index (χ0v) is 12.4. The number of ether oxygens (including phenoxy) is 1. The van der Waals surface area contributed by atoms with Crippen LogP contribution in [0.2, 0.25) is 0 Å². The first kappa shape index (κ1) is 16.6. The summed E-state index contributed by atoms with van der Waals surface area (Å²) in [4.78, 5) is 32.4. The third-order valence-electron chi connectivity index (χ3n) is 2.99. The molecule has 0 amide bonds. The number of esters is 1. The summed E-state index contributed by atoms with van der Waals surface area (Å²) < 4.78 is 17.5. The molecule has 0 aliphatic rings. The first-order valence-electron chi connectivity index (χ1n) is 6.80. The van der Waals surface area contributed by atoms with E-state index in [1.54, 1.807) is 30.3 Å². The van der Waals surface area contributed by atoms with Crippen LogP contribution in [0.1, 0.15) is 16.1 Å². The number of methoxy groups -OCH3 is 1. The van der Waals surface area contributed by atoms with Gasteiger partial charge in [-0.25, -0.2) is 9.18 Å². The van der Waals surface area contributed by atoms with Crippen LogP contribution in [0.4, 0.5) is 4.39 Å². The molecule has 1 N–H and O–H groups in total.